The zero-order valence-corrected chi connectivity index (χ0v) is 16.5. The van der Waals surface area contributed by atoms with Gasteiger partial charge in [0.15, 0.2) is 12.7 Å². The number of carbonyl (C=O) groups is 3. The summed E-state index contributed by atoms with van der Waals surface area (Å²) >= 11 is 5.79. The van der Waals surface area contributed by atoms with E-state index in [9.17, 15) is 14.4 Å². The molecule has 0 fully saturated rings. The summed E-state index contributed by atoms with van der Waals surface area (Å²) in [5, 5.41) is 3.15. The molecule has 0 bridgehead atoms. The van der Waals surface area contributed by atoms with E-state index in [1.807, 2.05) is 0 Å². The number of anilines is 1. The van der Waals surface area contributed by atoms with E-state index in [-0.39, 0.29) is 5.91 Å². The van der Waals surface area contributed by atoms with Crippen molar-refractivity contribution in [3.05, 3.63) is 59.1 Å². The average Bonchev–Trinajstić information content (AvgIpc) is 2.67. The Labute approximate surface area is 168 Å². The van der Waals surface area contributed by atoms with Crippen molar-refractivity contribution >= 4 is 35.1 Å². The van der Waals surface area contributed by atoms with E-state index >= 15 is 0 Å². The van der Waals surface area contributed by atoms with Gasteiger partial charge in [-0.3, -0.25) is 9.59 Å². The summed E-state index contributed by atoms with van der Waals surface area (Å²) in [6.07, 6.45) is -0.884. The predicted octanol–water partition coefficient (Wildman–Crippen LogP) is 2.99. The second-order valence-electron chi connectivity index (χ2n) is 6.15. The molecule has 0 spiro atoms. The van der Waals surface area contributed by atoms with Gasteiger partial charge in [0.2, 0.25) is 0 Å². The Morgan fingerprint density at radius 3 is 2.21 bits per heavy atom. The Balaban J connectivity index is 1.80. The molecule has 0 aliphatic rings. The van der Waals surface area contributed by atoms with Crippen LogP contribution < -0.4 is 10.1 Å². The summed E-state index contributed by atoms with van der Waals surface area (Å²) in [5.74, 6) is -0.845. The first-order valence-corrected chi connectivity index (χ1v) is 8.84. The van der Waals surface area contributed by atoms with Gasteiger partial charge >= 0.3 is 5.97 Å². The first-order chi connectivity index (χ1) is 13.3. The van der Waals surface area contributed by atoms with Crippen LogP contribution >= 0.6 is 11.6 Å². The van der Waals surface area contributed by atoms with Crippen molar-refractivity contribution in [2.75, 3.05) is 26.0 Å². The largest absolute Gasteiger partial charge is 0.479 e. The summed E-state index contributed by atoms with van der Waals surface area (Å²) in [7, 11) is 3.31. The van der Waals surface area contributed by atoms with Crippen molar-refractivity contribution in [1.82, 2.24) is 4.90 Å². The molecule has 28 heavy (non-hydrogen) atoms. The highest BCUT2D eigenvalue weighted by Gasteiger charge is 2.18. The monoisotopic (exact) mass is 404 g/mol. The highest BCUT2D eigenvalue weighted by Crippen LogP contribution is 2.17. The molecule has 1 N–H and O–H groups in total. The third kappa shape index (κ3) is 6.28. The number of nitrogens with one attached hydrogen (secondary N) is 1. The van der Waals surface area contributed by atoms with Crippen LogP contribution in [-0.2, 0) is 14.3 Å². The van der Waals surface area contributed by atoms with E-state index in [2.05, 4.69) is 5.32 Å². The number of ether oxygens (including phenoxy) is 2. The molecule has 0 aromatic heterocycles. The molecular weight excluding hydrogens is 384 g/mol. The fraction of sp³-hybridized carbons (Fsp3) is 0.250. The van der Waals surface area contributed by atoms with Crippen LogP contribution in [0.4, 0.5) is 5.69 Å². The molecule has 1 atom stereocenters. The normalized spacial score (nSPS) is 11.3. The molecular formula is C20H21ClN2O5. The van der Waals surface area contributed by atoms with Crippen molar-refractivity contribution < 1.29 is 23.9 Å². The molecule has 0 aliphatic heterocycles. The van der Waals surface area contributed by atoms with Gasteiger partial charge in [-0.2, -0.15) is 0 Å². The summed E-state index contributed by atoms with van der Waals surface area (Å²) in [5.41, 5.74) is 0.990. The van der Waals surface area contributed by atoms with Crippen LogP contribution in [0.1, 0.15) is 17.3 Å². The average molecular weight is 405 g/mol. The lowest BCUT2D eigenvalue weighted by Gasteiger charge is -2.14. The number of amides is 2. The number of hydrogen-bond donors (Lipinski definition) is 1. The van der Waals surface area contributed by atoms with Gasteiger partial charge in [-0.05, 0) is 55.5 Å². The van der Waals surface area contributed by atoms with Crippen LogP contribution in [0.2, 0.25) is 5.02 Å². The second-order valence-corrected chi connectivity index (χ2v) is 6.58. The molecule has 0 saturated heterocycles. The molecule has 2 rings (SSSR count). The van der Waals surface area contributed by atoms with Crippen LogP contribution in [0.25, 0.3) is 0 Å². The Morgan fingerprint density at radius 2 is 1.64 bits per heavy atom. The number of hydrogen-bond acceptors (Lipinski definition) is 5. The molecule has 2 aromatic rings. The van der Waals surface area contributed by atoms with Gasteiger partial charge in [0, 0.05) is 30.4 Å². The van der Waals surface area contributed by atoms with E-state index in [1.54, 1.807) is 62.6 Å². The summed E-state index contributed by atoms with van der Waals surface area (Å²) < 4.78 is 10.4. The minimum atomic E-state index is -0.884. The SMILES string of the molecule is C[C@@H](Oc1ccc(Cl)cc1)C(=O)OCC(=O)Nc1ccc(C(=O)N(C)C)cc1. The zero-order valence-electron chi connectivity index (χ0n) is 15.8. The minimum Gasteiger partial charge on any atom is -0.479 e. The number of benzene rings is 2. The fourth-order valence-electron chi connectivity index (χ4n) is 2.17. The zero-order chi connectivity index (χ0) is 20.7. The molecule has 2 aromatic carbocycles. The standard InChI is InChI=1S/C20H21ClN2O5/c1-13(28-17-10-6-15(21)7-11-17)20(26)27-12-18(24)22-16-8-4-14(5-9-16)19(25)23(2)3/h4-11,13H,12H2,1-3H3,(H,22,24)/t13-/m1/s1. The van der Waals surface area contributed by atoms with Gasteiger partial charge in [0.25, 0.3) is 11.8 Å². The smallest absolute Gasteiger partial charge is 0.347 e. The number of nitrogens with zero attached hydrogens (tertiary/aromatic N) is 1. The lowest BCUT2D eigenvalue weighted by Crippen LogP contribution is -2.29. The summed E-state index contributed by atoms with van der Waals surface area (Å²) in [6, 6.07) is 12.9. The quantitative estimate of drug-likeness (QED) is 0.717. The molecule has 148 valence electrons. The van der Waals surface area contributed by atoms with E-state index < -0.39 is 24.6 Å². The maximum absolute atomic E-state index is 12.0. The van der Waals surface area contributed by atoms with Gasteiger partial charge in [-0.25, -0.2) is 4.79 Å². The molecule has 7 nitrogen and oxygen atoms in total. The van der Waals surface area contributed by atoms with E-state index in [1.165, 1.54) is 11.8 Å². The molecule has 8 heteroatoms. The van der Waals surface area contributed by atoms with Crippen molar-refractivity contribution in [1.29, 1.82) is 0 Å². The van der Waals surface area contributed by atoms with E-state index in [4.69, 9.17) is 21.1 Å². The molecule has 0 unspecified atom stereocenters. The summed E-state index contributed by atoms with van der Waals surface area (Å²) in [6.45, 7) is 1.07. The molecule has 0 saturated carbocycles. The third-order valence-electron chi connectivity index (χ3n) is 3.63. The third-order valence-corrected chi connectivity index (χ3v) is 3.88. The van der Waals surface area contributed by atoms with Crippen molar-refractivity contribution in [2.45, 2.75) is 13.0 Å². The van der Waals surface area contributed by atoms with Crippen LogP contribution in [0, 0.1) is 0 Å². The van der Waals surface area contributed by atoms with Gasteiger partial charge in [-0.15, -0.1) is 0 Å². The second kappa shape index (κ2) is 9.75. The highest BCUT2D eigenvalue weighted by molar-refractivity contribution is 6.30. The Kier molecular flexibility index (Phi) is 7.40. The van der Waals surface area contributed by atoms with Crippen molar-refractivity contribution in [3.63, 3.8) is 0 Å². The minimum absolute atomic E-state index is 0.138. The van der Waals surface area contributed by atoms with Crippen LogP contribution in [0.15, 0.2) is 48.5 Å². The first-order valence-electron chi connectivity index (χ1n) is 8.46. The van der Waals surface area contributed by atoms with Gasteiger partial charge in [-0.1, -0.05) is 11.6 Å². The topological polar surface area (TPSA) is 84.9 Å². The van der Waals surface area contributed by atoms with Crippen LogP contribution in [-0.4, -0.2) is 49.5 Å². The number of rotatable bonds is 7. The van der Waals surface area contributed by atoms with Gasteiger partial charge < -0.3 is 19.7 Å². The van der Waals surface area contributed by atoms with Crippen LogP contribution in [0.3, 0.4) is 0 Å². The lowest BCUT2D eigenvalue weighted by atomic mass is 10.2. The molecule has 0 radical (unpaired) electrons. The van der Waals surface area contributed by atoms with Crippen LogP contribution in [0.5, 0.6) is 5.75 Å². The Morgan fingerprint density at radius 1 is 1.04 bits per heavy atom. The highest BCUT2D eigenvalue weighted by atomic mass is 35.5. The van der Waals surface area contributed by atoms with E-state index in [0.29, 0.717) is 22.0 Å². The molecule has 0 aliphatic carbocycles. The number of carbonyl (C=O) groups excluding carboxylic acids is 3. The maximum Gasteiger partial charge on any atom is 0.347 e. The van der Waals surface area contributed by atoms with Gasteiger partial charge in [0.05, 0.1) is 0 Å². The van der Waals surface area contributed by atoms with Gasteiger partial charge in [0.1, 0.15) is 5.75 Å². The fourth-order valence-corrected chi connectivity index (χ4v) is 2.30. The first kappa shape index (κ1) is 21.2. The van der Waals surface area contributed by atoms with Crippen molar-refractivity contribution in [3.8, 4) is 5.75 Å². The maximum atomic E-state index is 12.0. The number of halogens is 1. The molecule has 2 amide bonds. The predicted molar refractivity (Wildman–Crippen MR) is 106 cm³/mol. The number of esters is 1. The molecule has 0 heterocycles. The summed E-state index contributed by atoms with van der Waals surface area (Å²) in [4.78, 5) is 37.2. The van der Waals surface area contributed by atoms with E-state index in [0.717, 1.165) is 0 Å². The van der Waals surface area contributed by atoms with Crippen molar-refractivity contribution in [2.24, 2.45) is 0 Å². The Bertz CT molecular complexity index is 835. The Hall–Kier alpha value is -3.06. The lowest BCUT2D eigenvalue weighted by molar-refractivity contribution is -0.153.